The van der Waals surface area contributed by atoms with Gasteiger partial charge in [-0.25, -0.2) is 4.79 Å². The van der Waals surface area contributed by atoms with Gasteiger partial charge in [-0.15, -0.1) is 0 Å². The number of likely N-dealkylation sites (N-methyl/N-ethyl adjacent to an activating group) is 1. The molecule has 26 heavy (non-hydrogen) atoms. The average Bonchev–Trinajstić information content (AvgIpc) is 2.54. The van der Waals surface area contributed by atoms with Gasteiger partial charge in [0.15, 0.2) is 0 Å². The number of carbonyl (C=O) groups excluding carboxylic acids is 2. The summed E-state index contributed by atoms with van der Waals surface area (Å²) in [7, 11) is 3.89. The molecule has 1 N–H and O–H groups in total. The fourth-order valence-electron chi connectivity index (χ4n) is 2.51. The Morgan fingerprint density at radius 3 is 2.27 bits per heavy atom. The molecule has 6 nitrogen and oxygen atoms in total. The number of rotatable bonds is 15. The minimum absolute atomic E-state index is 0.201. The van der Waals surface area contributed by atoms with Crippen LogP contribution in [0.15, 0.2) is 0 Å². The normalized spacial score (nSPS) is 12.3. The maximum atomic E-state index is 11.9. The topological polar surface area (TPSA) is 67.9 Å². The van der Waals surface area contributed by atoms with Crippen molar-refractivity contribution in [3.63, 3.8) is 0 Å². The minimum Gasteiger partial charge on any atom is -0.462 e. The van der Waals surface area contributed by atoms with Crippen LogP contribution in [-0.2, 0) is 14.3 Å². The van der Waals surface area contributed by atoms with Gasteiger partial charge in [0.1, 0.15) is 12.2 Å². The molecule has 1 unspecified atom stereocenters. The second kappa shape index (κ2) is 15.9. The van der Waals surface area contributed by atoms with E-state index in [1.165, 1.54) is 25.7 Å². The average molecular weight is 371 g/mol. The first-order chi connectivity index (χ1) is 12.3. The van der Waals surface area contributed by atoms with Crippen molar-refractivity contribution in [3.05, 3.63) is 13.8 Å². The predicted molar refractivity (Wildman–Crippen MR) is 105 cm³/mol. The van der Waals surface area contributed by atoms with E-state index < -0.39 is 12.2 Å². The predicted octanol–water partition coefficient (Wildman–Crippen LogP) is 3.75. The van der Waals surface area contributed by atoms with Crippen molar-refractivity contribution >= 4 is 12.1 Å². The molecule has 0 aromatic carbocycles. The lowest BCUT2D eigenvalue weighted by Crippen LogP contribution is -2.34. The van der Waals surface area contributed by atoms with Crippen LogP contribution in [-0.4, -0.2) is 56.4 Å². The first-order valence-corrected chi connectivity index (χ1v) is 9.80. The third kappa shape index (κ3) is 16.2. The molecule has 1 amide bonds. The third-order valence-electron chi connectivity index (χ3n) is 3.95. The molecule has 0 bridgehead atoms. The van der Waals surface area contributed by atoms with E-state index in [1.54, 1.807) is 0 Å². The van der Waals surface area contributed by atoms with Crippen molar-refractivity contribution < 1.29 is 19.1 Å². The number of ether oxygens (including phenoxy) is 2. The molecule has 1 atom stereocenters. The number of hydrogen-bond acceptors (Lipinski definition) is 5. The van der Waals surface area contributed by atoms with Crippen LogP contribution in [0.25, 0.3) is 0 Å². The molecule has 0 spiro atoms. The molecule has 0 aliphatic carbocycles. The van der Waals surface area contributed by atoms with Crippen molar-refractivity contribution in [2.75, 3.05) is 27.2 Å². The Bertz CT molecular complexity index is 373. The summed E-state index contributed by atoms with van der Waals surface area (Å²) in [5.41, 5.74) is 0. The van der Waals surface area contributed by atoms with Crippen LogP contribution >= 0.6 is 0 Å². The standard InChI is InChI=1S/C20H38N2O4/c1-6-7-8-9-10-11-12-18(13-14-19(23)25-17(2)3)26-20(24)21-15-16-22(4)5/h17-18H,2-3,6-16H2,1,4-5H3,(H,21,24). The highest BCUT2D eigenvalue weighted by Crippen LogP contribution is 2.15. The van der Waals surface area contributed by atoms with Gasteiger partial charge < -0.3 is 19.7 Å². The summed E-state index contributed by atoms with van der Waals surface area (Å²) in [5.74, 6) is -0.357. The summed E-state index contributed by atoms with van der Waals surface area (Å²) in [4.78, 5) is 25.6. The van der Waals surface area contributed by atoms with Crippen LogP contribution in [0.4, 0.5) is 4.79 Å². The van der Waals surface area contributed by atoms with Crippen LogP contribution in [0.2, 0.25) is 0 Å². The highest BCUT2D eigenvalue weighted by atomic mass is 16.6. The SMILES string of the molecule is [CH2]C([CH2])OC(=O)CCC(CCCCCCCC)OC(=O)NCCN(C)C. The lowest BCUT2D eigenvalue weighted by Gasteiger charge is -2.19. The zero-order valence-corrected chi connectivity index (χ0v) is 16.9. The van der Waals surface area contributed by atoms with Gasteiger partial charge in [0.05, 0.1) is 0 Å². The van der Waals surface area contributed by atoms with E-state index in [2.05, 4.69) is 26.1 Å². The van der Waals surface area contributed by atoms with E-state index in [9.17, 15) is 9.59 Å². The monoisotopic (exact) mass is 370 g/mol. The molecule has 152 valence electrons. The number of carbonyl (C=O) groups is 2. The van der Waals surface area contributed by atoms with Crippen molar-refractivity contribution in [2.24, 2.45) is 0 Å². The number of nitrogens with zero attached hydrogens (tertiary/aromatic N) is 1. The van der Waals surface area contributed by atoms with Crippen LogP contribution in [0, 0.1) is 13.8 Å². The van der Waals surface area contributed by atoms with Crippen molar-refractivity contribution in [1.82, 2.24) is 10.2 Å². The molecule has 0 aliphatic rings. The van der Waals surface area contributed by atoms with Gasteiger partial charge in [-0.1, -0.05) is 39.0 Å². The molecule has 2 radical (unpaired) electrons. The highest BCUT2D eigenvalue weighted by Gasteiger charge is 2.17. The second-order valence-electron chi connectivity index (χ2n) is 6.96. The molecule has 0 rings (SSSR count). The van der Waals surface area contributed by atoms with Crippen molar-refractivity contribution in [2.45, 2.75) is 76.9 Å². The summed E-state index contributed by atoms with van der Waals surface area (Å²) in [6.07, 6.45) is 7.13. The number of amides is 1. The lowest BCUT2D eigenvalue weighted by atomic mass is 10.0. The fraction of sp³-hybridized carbons (Fsp3) is 0.800. The summed E-state index contributed by atoms with van der Waals surface area (Å²) in [5, 5.41) is 2.74. The number of unbranched alkanes of at least 4 members (excludes halogenated alkanes) is 5. The molecule has 6 heteroatoms. The summed E-state index contributed by atoms with van der Waals surface area (Å²) in [6.45, 7) is 10.5. The summed E-state index contributed by atoms with van der Waals surface area (Å²) < 4.78 is 10.5. The quantitative estimate of drug-likeness (QED) is 0.351. The zero-order valence-electron chi connectivity index (χ0n) is 16.9. The summed E-state index contributed by atoms with van der Waals surface area (Å²) >= 11 is 0. The highest BCUT2D eigenvalue weighted by molar-refractivity contribution is 5.70. The van der Waals surface area contributed by atoms with Crippen LogP contribution in [0.1, 0.15) is 64.7 Å². The Morgan fingerprint density at radius 2 is 1.65 bits per heavy atom. The van der Waals surface area contributed by atoms with Gasteiger partial charge in [0.2, 0.25) is 0 Å². The minimum atomic E-state index is -0.616. The van der Waals surface area contributed by atoms with Gasteiger partial charge in [0.25, 0.3) is 0 Å². The Morgan fingerprint density at radius 1 is 1.00 bits per heavy atom. The van der Waals surface area contributed by atoms with E-state index in [-0.39, 0.29) is 18.5 Å². The van der Waals surface area contributed by atoms with Gasteiger partial charge in [0, 0.05) is 19.5 Å². The Labute approximate surface area is 160 Å². The van der Waals surface area contributed by atoms with Crippen LogP contribution in [0.3, 0.4) is 0 Å². The molecule has 0 saturated heterocycles. The van der Waals surface area contributed by atoms with E-state index in [4.69, 9.17) is 9.47 Å². The zero-order chi connectivity index (χ0) is 19.8. The van der Waals surface area contributed by atoms with Crippen LogP contribution in [0.5, 0.6) is 0 Å². The van der Waals surface area contributed by atoms with E-state index in [0.29, 0.717) is 13.0 Å². The molecule has 0 aromatic heterocycles. The second-order valence-corrected chi connectivity index (χ2v) is 6.96. The maximum absolute atomic E-state index is 11.9. The van der Waals surface area contributed by atoms with E-state index >= 15 is 0 Å². The molecule has 0 aromatic rings. The van der Waals surface area contributed by atoms with E-state index in [0.717, 1.165) is 25.8 Å². The number of nitrogens with one attached hydrogen (secondary N) is 1. The third-order valence-corrected chi connectivity index (χ3v) is 3.95. The van der Waals surface area contributed by atoms with E-state index in [1.807, 2.05) is 19.0 Å². The van der Waals surface area contributed by atoms with Crippen molar-refractivity contribution in [1.29, 1.82) is 0 Å². The number of hydrogen-bond donors (Lipinski definition) is 1. The molecular weight excluding hydrogens is 332 g/mol. The molecule has 0 fully saturated rings. The Kier molecular flexibility index (Phi) is 15.1. The molecule has 0 saturated carbocycles. The molecule has 0 aliphatic heterocycles. The Balaban J connectivity index is 4.25. The van der Waals surface area contributed by atoms with Crippen LogP contribution < -0.4 is 5.32 Å². The maximum Gasteiger partial charge on any atom is 0.407 e. The molecular formula is C20H38N2O4. The first-order valence-electron chi connectivity index (χ1n) is 9.80. The largest absolute Gasteiger partial charge is 0.462 e. The van der Waals surface area contributed by atoms with Gasteiger partial charge in [-0.3, -0.25) is 4.79 Å². The number of esters is 1. The molecule has 0 heterocycles. The first kappa shape index (κ1) is 24.7. The lowest BCUT2D eigenvalue weighted by molar-refractivity contribution is -0.146. The van der Waals surface area contributed by atoms with Gasteiger partial charge in [-0.2, -0.15) is 0 Å². The smallest absolute Gasteiger partial charge is 0.407 e. The fourth-order valence-corrected chi connectivity index (χ4v) is 2.51. The Hall–Kier alpha value is -1.30. The summed E-state index contributed by atoms with van der Waals surface area (Å²) in [6, 6.07) is 0. The van der Waals surface area contributed by atoms with Crippen molar-refractivity contribution in [3.8, 4) is 0 Å². The van der Waals surface area contributed by atoms with Gasteiger partial charge in [-0.05, 0) is 47.2 Å². The van der Waals surface area contributed by atoms with Gasteiger partial charge >= 0.3 is 12.1 Å². The number of alkyl carbamates (subject to hydrolysis) is 1.